The second-order valence-corrected chi connectivity index (χ2v) is 4.58. The Morgan fingerprint density at radius 2 is 2.36 bits per heavy atom. The average molecular weight is 220 g/mol. The van der Waals surface area contributed by atoms with Crippen molar-refractivity contribution in [3.63, 3.8) is 0 Å². The van der Waals surface area contributed by atoms with E-state index in [1.165, 1.54) is 0 Å². The third-order valence-corrected chi connectivity index (χ3v) is 3.77. The Morgan fingerprint density at radius 1 is 1.57 bits per heavy atom. The van der Waals surface area contributed by atoms with Crippen LogP contribution in [-0.2, 0) is 0 Å². The van der Waals surface area contributed by atoms with E-state index in [9.17, 15) is 0 Å². The first-order valence-electron chi connectivity index (χ1n) is 4.01. The van der Waals surface area contributed by atoms with Gasteiger partial charge in [-0.1, -0.05) is 0 Å². The Kier molecular flexibility index (Phi) is 2.36. The summed E-state index contributed by atoms with van der Waals surface area (Å²) >= 11 is 3.22. The van der Waals surface area contributed by atoms with Crippen molar-refractivity contribution >= 4 is 38.9 Å². The van der Waals surface area contributed by atoms with E-state index in [1.807, 2.05) is 23.8 Å². The van der Waals surface area contributed by atoms with Crippen LogP contribution in [0.2, 0.25) is 0 Å². The third-order valence-electron chi connectivity index (χ3n) is 2.06. The minimum absolute atomic E-state index is 0.576. The quantitative estimate of drug-likeness (QED) is 0.593. The molecule has 0 aliphatic rings. The number of thiophene rings is 1. The number of nitrogens with two attached hydrogens (primary N) is 1. The Balaban J connectivity index is 2.90. The standard InChI is InChI=1S/C10H8N2S2/c1-13-9-4-8(12)7(5-11)10-6(9)2-3-14-10/h2-4H,12H2,1H3. The van der Waals surface area contributed by atoms with Gasteiger partial charge in [-0.15, -0.1) is 23.1 Å². The molecule has 2 nitrogen and oxygen atoms in total. The highest BCUT2D eigenvalue weighted by Crippen LogP contribution is 2.35. The summed E-state index contributed by atoms with van der Waals surface area (Å²) in [6.45, 7) is 0. The Morgan fingerprint density at radius 3 is 3.00 bits per heavy atom. The van der Waals surface area contributed by atoms with Crippen molar-refractivity contribution in [1.29, 1.82) is 5.26 Å². The maximum atomic E-state index is 8.97. The van der Waals surface area contributed by atoms with Gasteiger partial charge in [0.15, 0.2) is 0 Å². The van der Waals surface area contributed by atoms with Gasteiger partial charge in [-0.25, -0.2) is 0 Å². The molecule has 0 spiro atoms. The number of benzene rings is 1. The van der Waals surface area contributed by atoms with Crippen LogP contribution < -0.4 is 5.73 Å². The van der Waals surface area contributed by atoms with E-state index in [4.69, 9.17) is 11.0 Å². The third kappa shape index (κ3) is 1.26. The van der Waals surface area contributed by atoms with Crippen molar-refractivity contribution in [1.82, 2.24) is 0 Å². The summed E-state index contributed by atoms with van der Waals surface area (Å²) < 4.78 is 0.997. The maximum Gasteiger partial charge on any atom is 0.103 e. The summed E-state index contributed by atoms with van der Waals surface area (Å²) in [6.07, 6.45) is 2.01. The predicted octanol–water partition coefficient (Wildman–Crippen LogP) is 3.08. The average Bonchev–Trinajstić information content (AvgIpc) is 2.65. The molecule has 1 heterocycles. The molecule has 0 atom stereocenters. The second-order valence-electron chi connectivity index (χ2n) is 2.82. The molecule has 14 heavy (non-hydrogen) atoms. The molecule has 4 heteroatoms. The zero-order chi connectivity index (χ0) is 10.1. The van der Waals surface area contributed by atoms with E-state index in [1.54, 1.807) is 23.1 Å². The van der Waals surface area contributed by atoms with Crippen molar-refractivity contribution in [3.05, 3.63) is 23.1 Å². The Labute approximate surface area is 90.3 Å². The summed E-state index contributed by atoms with van der Waals surface area (Å²) in [4.78, 5) is 1.14. The van der Waals surface area contributed by atoms with Crippen molar-refractivity contribution in [2.75, 3.05) is 12.0 Å². The highest BCUT2D eigenvalue weighted by atomic mass is 32.2. The first-order chi connectivity index (χ1) is 6.77. The molecule has 0 aliphatic heterocycles. The van der Waals surface area contributed by atoms with Crippen LogP contribution in [0.3, 0.4) is 0 Å². The van der Waals surface area contributed by atoms with Crippen LogP contribution in [-0.4, -0.2) is 6.26 Å². The van der Waals surface area contributed by atoms with Crippen molar-refractivity contribution in [2.24, 2.45) is 0 Å². The highest BCUT2D eigenvalue weighted by molar-refractivity contribution is 7.98. The number of thioether (sulfide) groups is 1. The summed E-state index contributed by atoms with van der Waals surface area (Å²) in [5.74, 6) is 0. The fourth-order valence-corrected chi connectivity index (χ4v) is 3.03. The molecule has 0 saturated heterocycles. The Bertz CT molecular complexity index is 523. The van der Waals surface area contributed by atoms with Crippen molar-refractivity contribution < 1.29 is 0 Å². The first kappa shape index (κ1) is 9.38. The molecule has 2 rings (SSSR count). The molecule has 1 aromatic carbocycles. The molecule has 0 saturated carbocycles. The van der Waals surface area contributed by atoms with Gasteiger partial charge in [0.2, 0.25) is 0 Å². The van der Waals surface area contributed by atoms with Gasteiger partial charge in [-0.2, -0.15) is 5.26 Å². The van der Waals surface area contributed by atoms with Gasteiger partial charge in [0, 0.05) is 10.3 Å². The minimum Gasteiger partial charge on any atom is -0.398 e. The van der Waals surface area contributed by atoms with Gasteiger partial charge in [-0.3, -0.25) is 0 Å². The topological polar surface area (TPSA) is 49.8 Å². The molecular formula is C10H8N2S2. The van der Waals surface area contributed by atoms with Gasteiger partial charge < -0.3 is 5.73 Å². The number of hydrogen-bond donors (Lipinski definition) is 1. The number of anilines is 1. The fourth-order valence-electron chi connectivity index (χ4n) is 1.40. The van der Waals surface area contributed by atoms with E-state index >= 15 is 0 Å². The fraction of sp³-hybridized carbons (Fsp3) is 0.100. The molecule has 0 aliphatic carbocycles. The molecule has 0 unspecified atom stereocenters. The van der Waals surface area contributed by atoms with Crippen molar-refractivity contribution in [3.8, 4) is 6.07 Å². The maximum absolute atomic E-state index is 8.97. The van der Waals surface area contributed by atoms with Crippen LogP contribution in [0.15, 0.2) is 22.4 Å². The van der Waals surface area contributed by atoms with Crippen molar-refractivity contribution in [2.45, 2.75) is 4.90 Å². The van der Waals surface area contributed by atoms with Crippen LogP contribution in [0.4, 0.5) is 5.69 Å². The smallest absolute Gasteiger partial charge is 0.103 e. The highest BCUT2D eigenvalue weighted by Gasteiger charge is 2.10. The molecule has 2 aromatic rings. The molecule has 2 N–H and O–H groups in total. The number of nitrogen functional groups attached to an aromatic ring is 1. The van der Waals surface area contributed by atoms with Crippen LogP contribution in [0, 0.1) is 11.3 Å². The summed E-state index contributed by atoms with van der Waals surface area (Å²) in [6, 6.07) is 6.06. The number of nitrogens with zero attached hydrogens (tertiary/aromatic N) is 1. The zero-order valence-electron chi connectivity index (χ0n) is 7.57. The lowest BCUT2D eigenvalue weighted by Crippen LogP contribution is -1.91. The van der Waals surface area contributed by atoms with Crippen LogP contribution >= 0.6 is 23.1 Å². The predicted molar refractivity (Wildman–Crippen MR) is 62.7 cm³/mol. The molecule has 0 bridgehead atoms. The van der Waals surface area contributed by atoms with E-state index in [2.05, 4.69) is 6.07 Å². The molecular weight excluding hydrogens is 212 g/mol. The van der Waals surface area contributed by atoms with E-state index in [0.29, 0.717) is 11.3 Å². The molecule has 0 amide bonds. The first-order valence-corrected chi connectivity index (χ1v) is 6.12. The molecule has 0 fully saturated rings. The lowest BCUT2D eigenvalue weighted by atomic mass is 10.1. The molecule has 1 aromatic heterocycles. The summed E-state index contributed by atoms with van der Waals surface area (Å²) in [5.41, 5.74) is 6.98. The van der Waals surface area contributed by atoms with Gasteiger partial charge in [0.25, 0.3) is 0 Å². The second kappa shape index (κ2) is 3.52. The lowest BCUT2D eigenvalue weighted by molar-refractivity contribution is 1.49. The van der Waals surface area contributed by atoms with E-state index in [0.717, 1.165) is 15.0 Å². The number of fused-ring (bicyclic) bond motifs is 1. The normalized spacial score (nSPS) is 10.3. The van der Waals surface area contributed by atoms with Crippen LogP contribution in [0.5, 0.6) is 0 Å². The number of hydrogen-bond acceptors (Lipinski definition) is 4. The molecule has 70 valence electrons. The Hall–Kier alpha value is -1.18. The van der Waals surface area contributed by atoms with E-state index in [-0.39, 0.29) is 0 Å². The summed E-state index contributed by atoms with van der Waals surface area (Å²) in [7, 11) is 0. The van der Waals surface area contributed by atoms with Gasteiger partial charge >= 0.3 is 0 Å². The van der Waals surface area contributed by atoms with Gasteiger partial charge in [0.05, 0.1) is 16.0 Å². The molecule has 0 radical (unpaired) electrons. The number of rotatable bonds is 1. The largest absolute Gasteiger partial charge is 0.398 e. The van der Waals surface area contributed by atoms with Gasteiger partial charge in [0.1, 0.15) is 6.07 Å². The summed E-state index contributed by atoms with van der Waals surface area (Å²) in [5, 5.41) is 12.1. The SMILES string of the molecule is CSc1cc(N)c(C#N)c2sccc12. The number of nitriles is 1. The zero-order valence-corrected chi connectivity index (χ0v) is 9.21. The van der Waals surface area contributed by atoms with E-state index < -0.39 is 0 Å². The minimum atomic E-state index is 0.576. The monoisotopic (exact) mass is 220 g/mol. The van der Waals surface area contributed by atoms with Gasteiger partial charge in [-0.05, 0) is 23.8 Å². The van der Waals surface area contributed by atoms with Crippen LogP contribution in [0.1, 0.15) is 5.56 Å². The lowest BCUT2D eigenvalue weighted by Gasteiger charge is -2.03. The van der Waals surface area contributed by atoms with Crippen LogP contribution in [0.25, 0.3) is 10.1 Å².